The average Bonchev–Trinajstić information content (AvgIpc) is 2.04. The van der Waals surface area contributed by atoms with Crippen LogP contribution in [0, 0.1) is 6.07 Å². The number of hydrogen-bond acceptors (Lipinski definition) is 2. The van der Waals surface area contributed by atoms with Crippen LogP contribution in [0.5, 0.6) is 5.75 Å². The molecule has 53 valence electrons. The van der Waals surface area contributed by atoms with Gasteiger partial charge in [-0.25, -0.2) is 0 Å². The first-order chi connectivity index (χ1) is 4.88. The molecule has 0 aliphatic carbocycles. The molecule has 0 N–H and O–H groups in total. The third kappa shape index (κ3) is 1.45. The van der Waals surface area contributed by atoms with Crippen LogP contribution in [0.2, 0.25) is 0 Å². The molecule has 1 rings (SSSR count). The Morgan fingerprint density at radius 1 is 1.60 bits per heavy atom. The molecule has 0 aliphatic rings. The van der Waals surface area contributed by atoms with Gasteiger partial charge in [0.05, 0.1) is 7.11 Å². The summed E-state index contributed by atoms with van der Waals surface area (Å²) < 4.78 is 5.08. The highest BCUT2D eigenvalue weighted by Gasteiger charge is 1.96. The Morgan fingerprint density at radius 2 is 2.40 bits per heavy atom. The highest BCUT2D eigenvalue weighted by Crippen LogP contribution is 2.25. The molecule has 2 heteroatoms. The maximum atomic E-state index is 5.08. The summed E-state index contributed by atoms with van der Waals surface area (Å²) in [5.74, 6) is 0.898. The summed E-state index contributed by atoms with van der Waals surface area (Å²) in [6.45, 7) is 0. The second-order valence-electron chi connectivity index (χ2n) is 1.78. The first-order valence-corrected chi connectivity index (χ1v) is 4.19. The molecule has 0 aliphatic heterocycles. The highest BCUT2D eigenvalue weighted by molar-refractivity contribution is 7.98. The second kappa shape index (κ2) is 3.52. The smallest absolute Gasteiger partial charge is 0.133 e. The Labute approximate surface area is 65.4 Å². The molecule has 0 heterocycles. The van der Waals surface area contributed by atoms with Gasteiger partial charge in [0, 0.05) is 4.90 Å². The summed E-state index contributed by atoms with van der Waals surface area (Å²) in [6, 6.07) is 8.66. The van der Waals surface area contributed by atoms with Crippen LogP contribution in [0.25, 0.3) is 0 Å². The summed E-state index contributed by atoms with van der Waals surface area (Å²) in [5.41, 5.74) is 0. The zero-order chi connectivity index (χ0) is 7.40. The van der Waals surface area contributed by atoms with Crippen molar-refractivity contribution in [1.29, 1.82) is 0 Å². The van der Waals surface area contributed by atoms with Gasteiger partial charge in [-0.15, -0.1) is 11.8 Å². The lowest BCUT2D eigenvalue weighted by molar-refractivity contribution is 0.405. The Bertz CT molecular complexity index is 187. The number of methoxy groups -OCH3 is 1. The number of hydrogen-bond donors (Lipinski definition) is 0. The first-order valence-electron chi connectivity index (χ1n) is 2.96. The number of thioether (sulfide) groups is 1. The Hall–Kier alpha value is -0.630. The zero-order valence-corrected chi connectivity index (χ0v) is 6.87. The predicted octanol–water partition coefficient (Wildman–Crippen LogP) is 2.22. The number of rotatable bonds is 2. The third-order valence-electron chi connectivity index (χ3n) is 1.23. The molecular formula is C8H9OS. The molecule has 0 bridgehead atoms. The molecule has 10 heavy (non-hydrogen) atoms. The molecule has 0 saturated heterocycles. The van der Waals surface area contributed by atoms with Crippen molar-refractivity contribution in [2.75, 3.05) is 13.4 Å². The lowest BCUT2D eigenvalue weighted by Crippen LogP contribution is -1.83. The first kappa shape index (κ1) is 7.48. The van der Waals surface area contributed by atoms with Crippen LogP contribution in [0.3, 0.4) is 0 Å². The molecule has 1 aromatic rings. The largest absolute Gasteiger partial charge is 0.496 e. The van der Waals surface area contributed by atoms with Crippen molar-refractivity contribution in [3.05, 3.63) is 24.3 Å². The van der Waals surface area contributed by atoms with Gasteiger partial charge in [0.15, 0.2) is 0 Å². The maximum Gasteiger partial charge on any atom is 0.133 e. The molecule has 0 fully saturated rings. The fraction of sp³-hybridized carbons (Fsp3) is 0.250. The van der Waals surface area contributed by atoms with Gasteiger partial charge in [-0.1, -0.05) is 6.07 Å². The average molecular weight is 153 g/mol. The molecule has 0 saturated carbocycles. The van der Waals surface area contributed by atoms with E-state index < -0.39 is 0 Å². The van der Waals surface area contributed by atoms with Gasteiger partial charge in [0.2, 0.25) is 0 Å². The van der Waals surface area contributed by atoms with E-state index in [2.05, 4.69) is 6.07 Å². The van der Waals surface area contributed by atoms with Gasteiger partial charge in [-0.2, -0.15) is 0 Å². The molecule has 1 radical (unpaired) electrons. The van der Waals surface area contributed by atoms with E-state index in [9.17, 15) is 0 Å². The quantitative estimate of drug-likeness (QED) is 0.602. The number of ether oxygens (including phenoxy) is 1. The topological polar surface area (TPSA) is 9.23 Å². The van der Waals surface area contributed by atoms with Crippen LogP contribution in [-0.2, 0) is 0 Å². The normalized spacial score (nSPS) is 9.40. The summed E-state index contributed by atoms with van der Waals surface area (Å²) in [5, 5.41) is 0. The zero-order valence-electron chi connectivity index (χ0n) is 6.05. The van der Waals surface area contributed by atoms with Gasteiger partial charge in [0.25, 0.3) is 0 Å². The summed E-state index contributed by atoms with van der Waals surface area (Å²) >= 11 is 1.67. The van der Waals surface area contributed by atoms with E-state index in [1.54, 1.807) is 18.9 Å². The molecule has 0 unspecified atom stereocenters. The van der Waals surface area contributed by atoms with Gasteiger partial charge in [-0.05, 0) is 24.5 Å². The van der Waals surface area contributed by atoms with Crippen molar-refractivity contribution in [2.45, 2.75) is 4.90 Å². The van der Waals surface area contributed by atoms with Crippen LogP contribution in [0.1, 0.15) is 0 Å². The fourth-order valence-corrected chi connectivity index (χ4v) is 1.28. The second-order valence-corrected chi connectivity index (χ2v) is 2.63. The van der Waals surface area contributed by atoms with Gasteiger partial charge < -0.3 is 4.74 Å². The van der Waals surface area contributed by atoms with Crippen molar-refractivity contribution in [3.63, 3.8) is 0 Å². The van der Waals surface area contributed by atoms with E-state index in [1.165, 1.54) is 0 Å². The Morgan fingerprint density at radius 3 is 2.90 bits per heavy atom. The monoisotopic (exact) mass is 153 g/mol. The number of benzene rings is 1. The minimum Gasteiger partial charge on any atom is -0.496 e. The third-order valence-corrected chi connectivity index (χ3v) is 2.01. The van der Waals surface area contributed by atoms with Gasteiger partial charge in [-0.3, -0.25) is 0 Å². The Balaban J connectivity index is 2.96. The van der Waals surface area contributed by atoms with Gasteiger partial charge >= 0.3 is 0 Å². The molecule has 0 amide bonds. The molecule has 0 spiro atoms. The summed E-state index contributed by atoms with van der Waals surface area (Å²) in [4.78, 5) is 1.15. The molecule has 1 nitrogen and oxygen atoms in total. The van der Waals surface area contributed by atoms with Crippen molar-refractivity contribution in [1.82, 2.24) is 0 Å². The van der Waals surface area contributed by atoms with Crippen molar-refractivity contribution < 1.29 is 4.74 Å². The molecule has 0 atom stereocenters. The van der Waals surface area contributed by atoms with E-state index >= 15 is 0 Å². The lowest BCUT2D eigenvalue weighted by atomic mass is 10.3. The Kier molecular flexibility index (Phi) is 2.63. The highest BCUT2D eigenvalue weighted by atomic mass is 32.2. The van der Waals surface area contributed by atoms with Crippen LogP contribution in [-0.4, -0.2) is 13.4 Å². The summed E-state index contributed by atoms with van der Waals surface area (Å²) in [7, 11) is 1.67. The van der Waals surface area contributed by atoms with E-state index in [-0.39, 0.29) is 0 Å². The standard InChI is InChI=1S/C8H9OS/c1-9-7-5-3-4-6-8(7)10-2/h4-6H,1-2H3. The van der Waals surface area contributed by atoms with Crippen LogP contribution in [0.15, 0.2) is 23.1 Å². The van der Waals surface area contributed by atoms with Crippen molar-refractivity contribution in [3.8, 4) is 5.75 Å². The summed E-state index contributed by atoms with van der Waals surface area (Å²) in [6.07, 6.45) is 2.03. The van der Waals surface area contributed by atoms with E-state index in [4.69, 9.17) is 4.74 Å². The minimum atomic E-state index is 0.898. The van der Waals surface area contributed by atoms with Crippen molar-refractivity contribution >= 4 is 11.8 Å². The van der Waals surface area contributed by atoms with Crippen molar-refractivity contribution in [2.24, 2.45) is 0 Å². The van der Waals surface area contributed by atoms with Gasteiger partial charge in [0.1, 0.15) is 5.75 Å². The van der Waals surface area contributed by atoms with Crippen LogP contribution >= 0.6 is 11.8 Å². The van der Waals surface area contributed by atoms with E-state index in [1.807, 2.05) is 24.5 Å². The predicted molar refractivity (Wildman–Crippen MR) is 43.6 cm³/mol. The molecular weight excluding hydrogens is 144 g/mol. The van der Waals surface area contributed by atoms with Crippen LogP contribution in [0.4, 0.5) is 0 Å². The lowest BCUT2D eigenvalue weighted by Gasteiger charge is -2.02. The molecule has 1 aromatic carbocycles. The van der Waals surface area contributed by atoms with Crippen LogP contribution < -0.4 is 4.74 Å². The molecule has 0 aromatic heterocycles. The SMILES string of the molecule is COc1c[c]ccc1SC. The van der Waals surface area contributed by atoms with E-state index in [0.717, 1.165) is 10.6 Å². The minimum absolute atomic E-state index is 0.898. The maximum absolute atomic E-state index is 5.08. The van der Waals surface area contributed by atoms with E-state index in [0.29, 0.717) is 0 Å². The fourth-order valence-electron chi connectivity index (χ4n) is 0.729.